The molecule has 0 bridgehead atoms. The highest BCUT2D eigenvalue weighted by Gasteiger charge is 2.24. The van der Waals surface area contributed by atoms with Gasteiger partial charge in [0.1, 0.15) is 11.3 Å². The lowest BCUT2D eigenvalue weighted by Gasteiger charge is -2.21. The molecule has 0 unspecified atom stereocenters. The van der Waals surface area contributed by atoms with Crippen molar-refractivity contribution < 1.29 is 17.9 Å². The van der Waals surface area contributed by atoms with E-state index < -0.39 is 10.0 Å². The maximum atomic E-state index is 13.6. The Kier molecular flexibility index (Phi) is 9.84. The number of carbonyl (C=O) groups excluding carboxylic acids is 1. The van der Waals surface area contributed by atoms with Crippen LogP contribution in [0.25, 0.3) is 10.2 Å². The van der Waals surface area contributed by atoms with Gasteiger partial charge in [0, 0.05) is 25.7 Å². The number of anilines is 1. The first-order chi connectivity index (χ1) is 17.2. The lowest BCUT2D eigenvalue weighted by atomic mass is 10.2. The number of rotatable bonds is 13. The Labute approximate surface area is 218 Å². The van der Waals surface area contributed by atoms with Crippen LogP contribution in [0.1, 0.15) is 43.5 Å². The van der Waals surface area contributed by atoms with Crippen molar-refractivity contribution in [3.05, 3.63) is 48.0 Å². The average Bonchev–Trinajstić information content (AvgIpc) is 3.29. The molecule has 0 N–H and O–H groups in total. The van der Waals surface area contributed by atoms with Crippen LogP contribution in [0.4, 0.5) is 5.13 Å². The molecule has 1 heterocycles. The van der Waals surface area contributed by atoms with Crippen molar-refractivity contribution >= 4 is 42.6 Å². The predicted molar refractivity (Wildman–Crippen MR) is 147 cm³/mol. The Morgan fingerprint density at radius 1 is 0.972 bits per heavy atom. The minimum Gasteiger partial charge on any atom is -0.492 e. The second kappa shape index (κ2) is 12.6. The molecule has 3 aromatic rings. The van der Waals surface area contributed by atoms with Crippen LogP contribution in [0.15, 0.2) is 47.4 Å². The Hall–Kier alpha value is -2.53. The van der Waals surface area contributed by atoms with Crippen molar-refractivity contribution in [1.82, 2.24) is 14.2 Å². The van der Waals surface area contributed by atoms with Crippen LogP contribution in [-0.2, 0) is 10.0 Å². The number of nitrogens with zero attached hydrogens (tertiary/aromatic N) is 4. The van der Waals surface area contributed by atoms with Crippen LogP contribution in [0.2, 0.25) is 0 Å². The van der Waals surface area contributed by atoms with Gasteiger partial charge >= 0.3 is 0 Å². The Bertz CT molecular complexity index is 1260. The molecule has 2 aromatic carbocycles. The molecule has 3 rings (SSSR count). The molecule has 36 heavy (non-hydrogen) atoms. The predicted octanol–water partition coefficient (Wildman–Crippen LogP) is 4.71. The molecule has 0 aliphatic rings. The third-order valence-electron chi connectivity index (χ3n) is 5.77. The molecule has 0 saturated carbocycles. The molecule has 1 aromatic heterocycles. The number of hydrogen-bond donors (Lipinski definition) is 0. The van der Waals surface area contributed by atoms with Crippen molar-refractivity contribution in [1.29, 1.82) is 0 Å². The number of benzene rings is 2. The Morgan fingerprint density at radius 2 is 1.69 bits per heavy atom. The summed E-state index contributed by atoms with van der Waals surface area (Å²) in [4.78, 5) is 22.3. The summed E-state index contributed by atoms with van der Waals surface area (Å²) >= 11 is 1.44. The largest absolute Gasteiger partial charge is 0.492 e. The van der Waals surface area contributed by atoms with E-state index in [-0.39, 0.29) is 10.8 Å². The first-order valence-electron chi connectivity index (χ1n) is 12.2. The smallest absolute Gasteiger partial charge is 0.260 e. The number of fused-ring (bicyclic) bond motifs is 1. The summed E-state index contributed by atoms with van der Waals surface area (Å²) in [5.74, 6) is 0.481. The maximum absolute atomic E-state index is 13.6. The van der Waals surface area contributed by atoms with Gasteiger partial charge in [-0.05, 0) is 76.8 Å². The summed E-state index contributed by atoms with van der Waals surface area (Å²) in [6.45, 7) is 6.24. The summed E-state index contributed by atoms with van der Waals surface area (Å²) in [7, 11) is 1.97. The highest BCUT2D eigenvalue weighted by Crippen LogP contribution is 2.35. The number of para-hydroxylation sites is 1. The van der Waals surface area contributed by atoms with Crippen LogP contribution in [0.3, 0.4) is 0 Å². The van der Waals surface area contributed by atoms with Gasteiger partial charge in [0.25, 0.3) is 5.91 Å². The summed E-state index contributed by atoms with van der Waals surface area (Å²) in [6.07, 6.45) is 2.47. The zero-order valence-electron chi connectivity index (χ0n) is 21.7. The number of thiazole rings is 1. The van der Waals surface area contributed by atoms with Crippen LogP contribution in [-0.4, -0.2) is 75.9 Å². The second-order valence-corrected chi connectivity index (χ2v) is 11.9. The van der Waals surface area contributed by atoms with Gasteiger partial charge in [0.15, 0.2) is 5.13 Å². The summed E-state index contributed by atoms with van der Waals surface area (Å²) in [5, 5.41) is 0.594. The van der Waals surface area contributed by atoms with Crippen LogP contribution in [0, 0.1) is 0 Å². The lowest BCUT2D eigenvalue weighted by molar-refractivity contribution is 0.0986. The normalized spacial score (nSPS) is 12.0. The van der Waals surface area contributed by atoms with Crippen LogP contribution in [0.5, 0.6) is 5.75 Å². The highest BCUT2D eigenvalue weighted by atomic mass is 32.2. The van der Waals surface area contributed by atoms with E-state index in [9.17, 15) is 13.2 Å². The van der Waals surface area contributed by atoms with Gasteiger partial charge in [0.05, 0.1) is 16.2 Å². The van der Waals surface area contributed by atoms with Gasteiger partial charge in [-0.3, -0.25) is 9.69 Å². The number of hydrogen-bond acceptors (Lipinski definition) is 7. The first-order valence-corrected chi connectivity index (χ1v) is 14.5. The fourth-order valence-electron chi connectivity index (χ4n) is 3.73. The number of ether oxygens (including phenoxy) is 1. The van der Waals surface area contributed by atoms with Gasteiger partial charge in [0.2, 0.25) is 10.0 Å². The molecule has 0 aliphatic heterocycles. The summed E-state index contributed by atoms with van der Waals surface area (Å²) in [5.41, 5.74) is 1.15. The Morgan fingerprint density at radius 3 is 2.33 bits per heavy atom. The molecule has 8 nitrogen and oxygen atoms in total. The average molecular weight is 533 g/mol. The highest BCUT2D eigenvalue weighted by molar-refractivity contribution is 7.89. The van der Waals surface area contributed by atoms with Crippen molar-refractivity contribution in [2.45, 2.75) is 38.0 Å². The minimum absolute atomic E-state index is 0.179. The van der Waals surface area contributed by atoms with Gasteiger partial charge in [-0.1, -0.05) is 30.7 Å². The zero-order valence-corrected chi connectivity index (χ0v) is 23.4. The SMILES string of the molecule is CCCCN(C)S(=O)(=O)c1ccc(C(=O)N(CCCN(C)C)c2nc3c(OCC)cccc3s2)cc1. The Balaban J connectivity index is 1.91. The monoisotopic (exact) mass is 532 g/mol. The molecule has 0 fully saturated rings. The third kappa shape index (κ3) is 6.61. The molecule has 196 valence electrons. The molecule has 0 aliphatic carbocycles. The van der Waals surface area contributed by atoms with E-state index in [0.717, 1.165) is 36.0 Å². The standard InChI is InChI=1S/C26H36N4O4S2/c1-6-8-18-29(5)36(32,33)21-15-13-20(14-16-21)25(31)30(19-10-17-28(3)4)26-27-24-22(34-7-2)11-9-12-23(24)35-26/h9,11-16H,6-8,10,17-19H2,1-5H3. The second-order valence-electron chi connectivity index (χ2n) is 8.85. The van der Waals surface area contributed by atoms with E-state index in [0.29, 0.717) is 36.1 Å². The van der Waals surface area contributed by atoms with Crippen molar-refractivity contribution in [2.24, 2.45) is 0 Å². The van der Waals surface area contributed by atoms with E-state index in [1.807, 2.05) is 46.1 Å². The summed E-state index contributed by atoms with van der Waals surface area (Å²) < 4.78 is 33.8. The number of sulfonamides is 1. The molecule has 0 spiro atoms. The molecule has 0 atom stereocenters. The minimum atomic E-state index is -3.60. The third-order valence-corrected chi connectivity index (χ3v) is 8.68. The van der Waals surface area contributed by atoms with E-state index in [1.165, 1.54) is 27.8 Å². The molecule has 0 saturated heterocycles. The lowest BCUT2D eigenvalue weighted by Crippen LogP contribution is -2.33. The van der Waals surface area contributed by atoms with Gasteiger partial charge in [-0.25, -0.2) is 17.7 Å². The number of unbranched alkanes of at least 4 members (excludes halogenated alkanes) is 1. The van der Waals surface area contributed by atoms with E-state index in [2.05, 4.69) is 4.90 Å². The molecular formula is C26H36N4O4S2. The molecular weight excluding hydrogens is 496 g/mol. The van der Waals surface area contributed by atoms with E-state index in [1.54, 1.807) is 24.1 Å². The number of aromatic nitrogens is 1. The van der Waals surface area contributed by atoms with Crippen molar-refractivity contribution in [3.63, 3.8) is 0 Å². The number of carbonyl (C=O) groups is 1. The fraction of sp³-hybridized carbons (Fsp3) is 0.462. The van der Waals surface area contributed by atoms with Crippen LogP contribution >= 0.6 is 11.3 Å². The van der Waals surface area contributed by atoms with Gasteiger partial charge in [-0.2, -0.15) is 0 Å². The first kappa shape index (κ1) is 28.0. The quantitative estimate of drug-likeness (QED) is 0.317. The van der Waals surface area contributed by atoms with Crippen LogP contribution < -0.4 is 9.64 Å². The fourth-order valence-corrected chi connectivity index (χ4v) is 5.95. The summed E-state index contributed by atoms with van der Waals surface area (Å²) in [6, 6.07) is 12.0. The zero-order chi connectivity index (χ0) is 26.3. The molecule has 1 amide bonds. The molecule has 10 heteroatoms. The maximum Gasteiger partial charge on any atom is 0.260 e. The number of amides is 1. The van der Waals surface area contributed by atoms with E-state index >= 15 is 0 Å². The molecule has 0 radical (unpaired) electrons. The van der Waals surface area contributed by atoms with E-state index in [4.69, 9.17) is 9.72 Å². The van der Waals surface area contributed by atoms with Crippen molar-refractivity contribution in [3.8, 4) is 5.75 Å². The topological polar surface area (TPSA) is 83.1 Å². The van der Waals surface area contributed by atoms with Gasteiger partial charge in [-0.15, -0.1) is 0 Å². The van der Waals surface area contributed by atoms with Gasteiger partial charge < -0.3 is 9.64 Å². The van der Waals surface area contributed by atoms with Crippen molar-refractivity contribution in [2.75, 3.05) is 52.3 Å².